The Kier molecular flexibility index (Phi) is 3.61. The van der Waals surface area contributed by atoms with Crippen molar-refractivity contribution in [1.82, 2.24) is 0 Å². The summed E-state index contributed by atoms with van der Waals surface area (Å²) in [5, 5.41) is 21.3. The van der Waals surface area contributed by atoms with Crippen molar-refractivity contribution in [3.63, 3.8) is 0 Å². The lowest BCUT2D eigenvalue weighted by Gasteiger charge is -2.12. The van der Waals surface area contributed by atoms with Crippen LogP contribution in [0.15, 0.2) is 65.1 Å². The quantitative estimate of drug-likeness (QED) is 0.711. The summed E-state index contributed by atoms with van der Waals surface area (Å²) in [5.41, 5.74) is 2.35. The fraction of sp³-hybridized carbons (Fsp3) is 0. The maximum Gasteiger partial charge on any atom is 0.489 e. The Morgan fingerprint density at radius 1 is 0.700 bits per heavy atom. The summed E-state index contributed by atoms with van der Waals surface area (Å²) < 4.78 is 1.03. The summed E-state index contributed by atoms with van der Waals surface area (Å²) in [4.78, 5) is 0. The predicted octanol–water partition coefficient (Wildman–Crippen LogP) is 2.95. The van der Waals surface area contributed by atoms with E-state index < -0.39 is 7.12 Å². The van der Waals surface area contributed by atoms with Crippen LogP contribution in [0.2, 0.25) is 0 Å². The van der Waals surface area contributed by atoms with Crippen molar-refractivity contribution >= 4 is 39.3 Å². The third-order valence-electron chi connectivity index (χ3n) is 3.40. The first-order valence-corrected chi connectivity index (χ1v) is 7.10. The Balaban J connectivity index is 2.34. The van der Waals surface area contributed by atoms with Gasteiger partial charge in [-0.15, -0.1) is 0 Å². The number of hydrogen-bond acceptors (Lipinski definition) is 2. The molecule has 3 aromatic rings. The van der Waals surface area contributed by atoms with Gasteiger partial charge in [-0.2, -0.15) is 0 Å². The van der Waals surface area contributed by atoms with Crippen molar-refractivity contribution < 1.29 is 10.0 Å². The summed E-state index contributed by atoms with van der Waals surface area (Å²) in [6.07, 6.45) is 0. The smallest absolute Gasteiger partial charge is 0.423 e. The van der Waals surface area contributed by atoms with E-state index in [-0.39, 0.29) is 0 Å². The van der Waals surface area contributed by atoms with Crippen LogP contribution in [-0.4, -0.2) is 17.2 Å². The van der Waals surface area contributed by atoms with E-state index in [4.69, 9.17) is 0 Å². The second-order valence-electron chi connectivity index (χ2n) is 4.60. The van der Waals surface area contributed by atoms with Crippen molar-refractivity contribution in [3.05, 3.63) is 65.1 Å². The van der Waals surface area contributed by atoms with Crippen molar-refractivity contribution in [1.29, 1.82) is 0 Å². The molecule has 0 atom stereocenters. The van der Waals surface area contributed by atoms with Gasteiger partial charge in [0.05, 0.1) is 0 Å². The molecule has 3 rings (SSSR count). The third kappa shape index (κ3) is 2.26. The van der Waals surface area contributed by atoms with Crippen LogP contribution in [0.25, 0.3) is 21.9 Å². The normalized spacial score (nSPS) is 10.8. The zero-order chi connectivity index (χ0) is 14.1. The van der Waals surface area contributed by atoms with Crippen LogP contribution in [0.1, 0.15) is 0 Å². The first-order chi connectivity index (χ1) is 9.68. The van der Waals surface area contributed by atoms with E-state index in [1.807, 2.05) is 48.5 Å². The van der Waals surface area contributed by atoms with Crippen molar-refractivity contribution in [2.45, 2.75) is 0 Å². The molecule has 0 saturated carbocycles. The van der Waals surface area contributed by atoms with Gasteiger partial charge in [-0.05, 0) is 33.4 Å². The van der Waals surface area contributed by atoms with E-state index in [0.29, 0.717) is 5.46 Å². The molecule has 3 aromatic carbocycles. The summed E-state index contributed by atoms with van der Waals surface area (Å²) in [5.74, 6) is 0. The van der Waals surface area contributed by atoms with E-state index in [2.05, 4.69) is 15.9 Å². The van der Waals surface area contributed by atoms with Crippen molar-refractivity contribution in [2.75, 3.05) is 0 Å². The van der Waals surface area contributed by atoms with Crippen LogP contribution in [-0.2, 0) is 0 Å². The first kappa shape index (κ1) is 13.4. The number of benzene rings is 3. The minimum atomic E-state index is -1.48. The molecule has 0 unspecified atom stereocenters. The van der Waals surface area contributed by atoms with Gasteiger partial charge in [0, 0.05) is 4.47 Å². The third-order valence-corrected chi connectivity index (χ3v) is 4.09. The highest BCUT2D eigenvalue weighted by Gasteiger charge is 2.17. The summed E-state index contributed by atoms with van der Waals surface area (Å²) >= 11 is 3.55. The van der Waals surface area contributed by atoms with E-state index in [9.17, 15) is 10.0 Å². The van der Waals surface area contributed by atoms with Gasteiger partial charge in [0.2, 0.25) is 0 Å². The Hall–Kier alpha value is -1.62. The molecule has 0 radical (unpaired) electrons. The Morgan fingerprint density at radius 3 is 2.10 bits per heavy atom. The lowest BCUT2D eigenvalue weighted by atomic mass is 9.75. The fourth-order valence-electron chi connectivity index (χ4n) is 2.46. The van der Waals surface area contributed by atoms with E-state index >= 15 is 0 Å². The number of hydrogen-bond donors (Lipinski definition) is 2. The molecule has 2 nitrogen and oxygen atoms in total. The van der Waals surface area contributed by atoms with Crippen molar-refractivity contribution in [3.8, 4) is 11.1 Å². The molecule has 20 heavy (non-hydrogen) atoms. The highest BCUT2D eigenvalue weighted by atomic mass is 79.9. The molecule has 0 bridgehead atoms. The van der Waals surface area contributed by atoms with Crippen LogP contribution in [0.3, 0.4) is 0 Å². The molecule has 0 saturated heterocycles. The number of halogens is 1. The zero-order valence-corrected chi connectivity index (χ0v) is 12.2. The second-order valence-corrected chi connectivity index (χ2v) is 5.46. The topological polar surface area (TPSA) is 40.5 Å². The van der Waals surface area contributed by atoms with Gasteiger partial charge < -0.3 is 10.0 Å². The fourth-order valence-corrected chi connectivity index (χ4v) is 2.94. The molecular formula is C16H12BBrO2. The van der Waals surface area contributed by atoms with Crippen molar-refractivity contribution in [2.24, 2.45) is 0 Å². The van der Waals surface area contributed by atoms with Crippen LogP contribution in [0, 0.1) is 0 Å². The molecule has 0 aromatic heterocycles. The monoisotopic (exact) mass is 326 g/mol. The molecule has 4 heteroatoms. The molecule has 0 spiro atoms. The van der Waals surface area contributed by atoms with E-state index in [0.717, 1.165) is 26.4 Å². The van der Waals surface area contributed by atoms with Gasteiger partial charge in [0.1, 0.15) is 0 Å². The first-order valence-electron chi connectivity index (χ1n) is 6.31. The molecule has 0 fully saturated rings. The molecular weight excluding hydrogens is 315 g/mol. The molecule has 0 aliphatic heterocycles. The maximum atomic E-state index is 9.54. The van der Waals surface area contributed by atoms with Crippen LogP contribution < -0.4 is 5.46 Å². The predicted molar refractivity (Wildman–Crippen MR) is 86.9 cm³/mol. The average molecular weight is 327 g/mol. The summed E-state index contributed by atoms with van der Waals surface area (Å²) in [6, 6.07) is 19.4. The average Bonchev–Trinajstić information content (AvgIpc) is 2.48. The van der Waals surface area contributed by atoms with Crippen LogP contribution in [0.4, 0.5) is 0 Å². The Bertz CT molecular complexity index is 771. The molecule has 0 heterocycles. The number of rotatable bonds is 2. The van der Waals surface area contributed by atoms with Gasteiger partial charge in [-0.1, -0.05) is 70.5 Å². The lowest BCUT2D eigenvalue weighted by molar-refractivity contribution is 0.426. The van der Waals surface area contributed by atoms with E-state index in [1.165, 1.54) is 0 Å². The molecule has 2 N–H and O–H groups in total. The van der Waals surface area contributed by atoms with Gasteiger partial charge in [-0.25, -0.2) is 0 Å². The van der Waals surface area contributed by atoms with Crippen LogP contribution in [0.5, 0.6) is 0 Å². The maximum absolute atomic E-state index is 9.54. The second kappa shape index (κ2) is 5.41. The highest BCUT2D eigenvalue weighted by Crippen LogP contribution is 2.32. The van der Waals surface area contributed by atoms with Gasteiger partial charge in [-0.3, -0.25) is 0 Å². The van der Waals surface area contributed by atoms with Gasteiger partial charge in [0.15, 0.2) is 0 Å². The molecule has 98 valence electrons. The van der Waals surface area contributed by atoms with Gasteiger partial charge in [0.25, 0.3) is 0 Å². The molecule has 0 amide bonds. The lowest BCUT2D eigenvalue weighted by Crippen LogP contribution is -2.31. The zero-order valence-electron chi connectivity index (χ0n) is 10.6. The summed E-state index contributed by atoms with van der Waals surface area (Å²) in [7, 11) is -1.48. The minimum Gasteiger partial charge on any atom is -0.423 e. The number of fused-ring (bicyclic) bond motifs is 1. The minimum absolute atomic E-state index is 0.514. The standard InChI is InChI=1S/C16H12BBrO2/c18-16-10-9-12(11-5-1-2-7-14(11)16)13-6-3-4-8-15(13)17(19)20/h1-10,19-20H. The SMILES string of the molecule is OB(O)c1ccccc1-c1ccc(Br)c2ccccc12. The van der Waals surface area contributed by atoms with Gasteiger partial charge >= 0.3 is 7.12 Å². The highest BCUT2D eigenvalue weighted by molar-refractivity contribution is 9.10. The Morgan fingerprint density at radius 2 is 1.35 bits per heavy atom. The molecule has 0 aliphatic carbocycles. The molecule has 0 aliphatic rings. The van der Waals surface area contributed by atoms with E-state index in [1.54, 1.807) is 12.1 Å². The van der Waals surface area contributed by atoms with Crippen LogP contribution >= 0.6 is 15.9 Å². The Labute approximate surface area is 126 Å². The largest absolute Gasteiger partial charge is 0.489 e. The summed E-state index contributed by atoms with van der Waals surface area (Å²) in [6.45, 7) is 0.